The van der Waals surface area contributed by atoms with Crippen molar-refractivity contribution in [2.45, 2.75) is 25.7 Å². The number of amides is 2. The Morgan fingerprint density at radius 1 is 0.865 bits per heavy atom. The number of rotatable bonds is 12. The fraction of sp³-hybridized carbons (Fsp3) is 0.241. The van der Waals surface area contributed by atoms with E-state index in [2.05, 4.69) is 10.6 Å². The Hall–Kier alpha value is -4.46. The Labute approximate surface area is 216 Å². The number of unbranched alkanes of at least 4 members (excludes halogenated alkanes) is 2. The van der Waals surface area contributed by atoms with Crippen LogP contribution in [0.5, 0.6) is 23.0 Å². The minimum atomic E-state index is -0.259. The molecule has 0 radical (unpaired) electrons. The van der Waals surface area contributed by atoms with E-state index in [0.29, 0.717) is 54.1 Å². The van der Waals surface area contributed by atoms with E-state index in [1.807, 2.05) is 0 Å². The molecule has 0 bridgehead atoms. The Morgan fingerprint density at radius 3 is 2.19 bits per heavy atom. The fourth-order valence-electron chi connectivity index (χ4n) is 3.68. The second-order valence-corrected chi connectivity index (χ2v) is 8.38. The lowest BCUT2D eigenvalue weighted by Gasteiger charge is -2.11. The molecule has 3 rings (SSSR count). The zero-order chi connectivity index (χ0) is 26.6. The number of carbonyl (C=O) groups excluding carboxylic acids is 2. The van der Waals surface area contributed by atoms with E-state index < -0.39 is 0 Å². The summed E-state index contributed by atoms with van der Waals surface area (Å²) in [5.41, 5.74) is 2.20. The number of phenols is 2. The summed E-state index contributed by atoms with van der Waals surface area (Å²) in [7, 11) is 3.12. The Bertz CT molecular complexity index is 1220. The molecule has 0 aromatic heterocycles. The molecule has 0 aliphatic heterocycles. The molecule has 0 aliphatic carbocycles. The topological polar surface area (TPSA) is 117 Å². The molecule has 4 N–H and O–H groups in total. The van der Waals surface area contributed by atoms with E-state index >= 15 is 0 Å². The second kappa shape index (κ2) is 13.6. The monoisotopic (exact) mass is 504 g/mol. The summed E-state index contributed by atoms with van der Waals surface area (Å²) in [6, 6.07) is 18.4. The van der Waals surface area contributed by atoms with Gasteiger partial charge < -0.3 is 30.3 Å². The average Bonchev–Trinajstić information content (AvgIpc) is 2.90. The van der Waals surface area contributed by atoms with Crippen molar-refractivity contribution in [1.82, 2.24) is 5.32 Å². The van der Waals surface area contributed by atoms with Crippen molar-refractivity contribution in [3.05, 3.63) is 77.9 Å². The first-order valence-corrected chi connectivity index (χ1v) is 12.0. The molecule has 8 nitrogen and oxygen atoms in total. The van der Waals surface area contributed by atoms with E-state index in [1.54, 1.807) is 68.8 Å². The normalized spacial score (nSPS) is 11.0. The van der Waals surface area contributed by atoms with Gasteiger partial charge in [-0.1, -0.05) is 30.7 Å². The average molecular weight is 505 g/mol. The third-order valence-electron chi connectivity index (χ3n) is 5.65. The first kappa shape index (κ1) is 27.1. The molecule has 3 aromatic carbocycles. The van der Waals surface area contributed by atoms with Crippen LogP contribution in [0.25, 0.3) is 11.6 Å². The van der Waals surface area contributed by atoms with Crippen LogP contribution in [0.4, 0.5) is 5.69 Å². The highest BCUT2D eigenvalue weighted by atomic mass is 16.5. The zero-order valence-corrected chi connectivity index (χ0v) is 21.0. The minimum Gasteiger partial charge on any atom is -0.508 e. The number of para-hydroxylation sites is 2. The highest BCUT2D eigenvalue weighted by molar-refractivity contribution is 6.24. The number of benzene rings is 3. The van der Waals surface area contributed by atoms with E-state index in [1.165, 1.54) is 18.2 Å². The lowest BCUT2D eigenvalue weighted by molar-refractivity contribution is -0.117. The molecule has 0 atom stereocenters. The summed E-state index contributed by atoms with van der Waals surface area (Å²) in [4.78, 5) is 25.2. The third-order valence-corrected chi connectivity index (χ3v) is 5.65. The Morgan fingerprint density at radius 2 is 1.54 bits per heavy atom. The second-order valence-electron chi connectivity index (χ2n) is 8.38. The number of aromatic hydroxyl groups is 2. The summed E-state index contributed by atoms with van der Waals surface area (Å²) in [5.74, 6) is 0.910. The van der Waals surface area contributed by atoms with Crippen LogP contribution in [0, 0.1) is 0 Å². The van der Waals surface area contributed by atoms with Gasteiger partial charge in [-0.15, -0.1) is 0 Å². The van der Waals surface area contributed by atoms with Crippen LogP contribution in [0.1, 0.15) is 36.8 Å². The molecule has 3 aromatic rings. The van der Waals surface area contributed by atoms with Crippen LogP contribution in [-0.4, -0.2) is 42.8 Å². The number of hydrogen-bond acceptors (Lipinski definition) is 6. The van der Waals surface area contributed by atoms with Gasteiger partial charge in [0.2, 0.25) is 5.91 Å². The molecule has 0 aliphatic rings. The van der Waals surface area contributed by atoms with E-state index in [9.17, 15) is 19.8 Å². The standard InChI is InChI=1S/C29H32N2O6/c1-36-23-16-20(17-24(19-23)37-2)18-25(21-11-13-22(32)14-12-21)29(35)30-15-7-3-4-10-28(34)31-26-8-5-6-9-27(26)33/h5-6,8-9,11-14,16-19,32-33H,3-4,7,10,15H2,1-2H3,(H,30,35)(H,31,34)/b25-18+. The van der Waals surface area contributed by atoms with Crippen molar-refractivity contribution in [2.24, 2.45) is 0 Å². The number of phenolic OH excluding ortho intramolecular Hbond substituents is 2. The van der Waals surface area contributed by atoms with Crippen molar-refractivity contribution >= 4 is 29.2 Å². The van der Waals surface area contributed by atoms with Gasteiger partial charge in [0.25, 0.3) is 5.91 Å². The van der Waals surface area contributed by atoms with E-state index in [0.717, 1.165) is 12.0 Å². The number of carbonyl (C=O) groups is 2. The van der Waals surface area contributed by atoms with Gasteiger partial charge in [0.05, 0.1) is 19.9 Å². The first-order chi connectivity index (χ1) is 17.9. The molecule has 0 spiro atoms. The number of nitrogens with one attached hydrogen (secondary N) is 2. The number of ether oxygens (including phenoxy) is 2. The number of anilines is 1. The summed E-state index contributed by atoms with van der Waals surface area (Å²) < 4.78 is 10.7. The maximum absolute atomic E-state index is 13.1. The molecule has 0 saturated carbocycles. The first-order valence-electron chi connectivity index (χ1n) is 12.0. The van der Waals surface area contributed by atoms with Gasteiger partial charge in [0, 0.05) is 24.6 Å². The molecule has 8 heteroatoms. The maximum atomic E-state index is 13.1. The van der Waals surface area contributed by atoms with Gasteiger partial charge in [0.1, 0.15) is 23.0 Å². The lowest BCUT2D eigenvalue weighted by atomic mass is 10.0. The molecule has 0 unspecified atom stereocenters. The van der Waals surface area contributed by atoms with Gasteiger partial charge in [0.15, 0.2) is 0 Å². The fourth-order valence-corrected chi connectivity index (χ4v) is 3.68. The van der Waals surface area contributed by atoms with Crippen LogP contribution in [0.15, 0.2) is 66.7 Å². The van der Waals surface area contributed by atoms with Crippen LogP contribution in [-0.2, 0) is 9.59 Å². The predicted molar refractivity (Wildman–Crippen MR) is 144 cm³/mol. The molecule has 0 fully saturated rings. The minimum absolute atomic E-state index is 0.0310. The molecule has 194 valence electrons. The Balaban J connectivity index is 1.58. The molecule has 2 amide bonds. The summed E-state index contributed by atoms with van der Waals surface area (Å²) in [6.45, 7) is 0.441. The van der Waals surface area contributed by atoms with E-state index in [-0.39, 0.29) is 23.3 Å². The van der Waals surface area contributed by atoms with Crippen molar-refractivity contribution in [3.63, 3.8) is 0 Å². The van der Waals surface area contributed by atoms with Gasteiger partial charge in [-0.05, 0) is 66.4 Å². The summed E-state index contributed by atoms with van der Waals surface area (Å²) in [5, 5.41) is 25.1. The van der Waals surface area contributed by atoms with Crippen molar-refractivity contribution in [1.29, 1.82) is 0 Å². The SMILES string of the molecule is COc1cc(/C=C(/C(=O)NCCCCCC(=O)Nc2ccccc2O)c2ccc(O)cc2)cc(OC)c1. The largest absolute Gasteiger partial charge is 0.508 e. The van der Waals surface area contributed by atoms with Crippen molar-refractivity contribution in [3.8, 4) is 23.0 Å². The smallest absolute Gasteiger partial charge is 0.251 e. The number of hydrogen-bond donors (Lipinski definition) is 4. The summed E-state index contributed by atoms with van der Waals surface area (Å²) >= 11 is 0. The molecule has 37 heavy (non-hydrogen) atoms. The zero-order valence-electron chi connectivity index (χ0n) is 21.0. The maximum Gasteiger partial charge on any atom is 0.251 e. The lowest BCUT2D eigenvalue weighted by Crippen LogP contribution is -2.25. The highest BCUT2D eigenvalue weighted by Crippen LogP contribution is 2.27. The summed E-state index contributed by atoms with van der Waals surface area (Å²) in [6.07, 6.45) is 4.17. The Kier molecular flexibility index (Phi) is 9.96. The van der Waals surface area contributed by atoms with E-state index in [4.69, 9.17) is 9.47 Å². The molecule has 0 heterocycles. The van der Waals surface area contributed by atoms with Crippen LogP contribution < -0.4 is 20.1 Å². The van der Waals surface area contributed by atoms with Gasteiger partial charge >= 0.3 is 0 Å². The quantitative estimate of drug-likeness (QED) is 0.120. The highest BCUT2D eigenvalue weighted by Gasteiger charge is 2.13. The van der Waals surface area contributed by atoms with Crippen LogP contribution in [0.3, 0.4) is 0 Å². The van der Waals surface area contributed by atoms with Crippen LogP contribution in [0.2, 0.25) is 0 Å². The number of methoxy groups -OCH3 is 2. The van der Waals surface area contributed by atoms with Gasteiger partial charge in [-0.3, -0.25) is 9.59 Å². The predicted octanol–water partition coefficient (Wildman–Crippen LogP) is 4.97. The molecular weight excluding hydrogens is 472 g/mol. The van der Waals surface area contributed by atoms with Crippen molar-refractivity contribution < 1.29 is 29.3 Å². The van der Waals surface area contributed by atoms with Gasteiger partial charge in [-0.2, -0.15) is 0 Å². The van der Waals surface area contributed by atoms with Gasteiger partial charge in [-0.25, -0.2) is 0 Å². The third kappa shape index (κ3) is 8.31. The molecular formula is C29H32N2O6. The van der Waals surface area contributed by atoms with Crippen LogP contribution >= 0.6 is 0 Å². The van der Waals surface area contributed by atoms with Crippen molar-refractivity contribution in [2.75, 3.05) is 26.1 Å². The molecule has 0 saturated heterocycles.